The number of thioether (sulfide) groups is 1. The van der Waals surface area contributed by atoms with Crippen LogP contribution in [0.1, 0.15) is 22.9 Å². The van der Waals surface area contributed by atoms with E-state index in [1.165, 1.54) is 43.0 Å². The third-order valence-corrected chi connectivity index (χ3v) is 10.2. The van der Waals surface area contributed by atoms with Crippen LogP contribution in [0.15, 0.2) is 131 Å². The molecule has 42 heavy (non-hydrogen) atoms. The van der Waals surface area contributed by atoms with Gasteiger partial charge in [0, 0.05) is 37.4 Å². The average molecular weight is 558 g/mol. The van der Waals surface area contributed by atoms with Crippen LogP contribution in [0.3, 0.4) is 0 Å². The topological polar surface area (TPSA) is 35.9 Å². The smallest absolute Gasteiger partial charge is 0.307 e. The van der Waals surface area contributed by atoms with E-state index in [2.05, 4.69) is 137 Å². The Bertz CT molecular complexity index is 2410. The van der Waals surface area contributed by atoms with Crippen LogP contribution in [-0.4, -0.2) is 19.4 Å². The Hall–Kier alpha value is -5.00. The highest BCUT2D eigenvalue weighted by Crippen LogP contribution is 2.52. The van der Waals surface area contributed by atoms with Gasteiger partial charge in [-0.1, -0.05) is 84.9 Å². The van der Waals surface area contributed by atoms with E-state index in [0.717, 1.165) is 28.2 Å². The molecule has 2 aliphatic rings. The van der Waals surface area contributed by atoms with Crippen LogP contribution < -0.4 is 0 Å². The molecule has 8 aromatic rings. The molecule has 0 amide bonds. The van der Waals surface area contributed by atoms with Crippen molar-refractivity contribution in [3.05, 3.63) is 138 Å². The summed E-state index contributed by atoms with van der Waals surface area (Å²) in [6.07, 6.45) is 4.43. The van der Waals surface area contributed by atoms with E-state index in [9.17, 15) is 0 Å². The van der Waals surface area contributed by atoms with Crippen molar-refractivity contribution in [1.82, 2.24) is 14.1 Å². The molecule has 0 bridgehead atoms. The maximum atomic E-state index is 6.80. The molecule has 0 saturated heterocycles. The molecule has 1 aliphatic heterocycles. The lowest BCUT2D eigenvalue weighted by atomic mass is 9.89. The van der Waals surface area contributed by atoms with Gasteiger partial charge in [-0.15, -0.1) is 11.8 Å². The Labute approximate surface area is 245 Å². The molecule has 3 aromatic heterocycles. The number of benzene rings is 5. The van der Waals surface area contributed by atoms with Crippen LogP contribution in [0, 0.1) is 0 Å². The summed E-state index contributed by atoms with van der Waals surface area (Å²) in [4.78, 5) is 6.45. The van der Waals surface area contributed by atoms with Crippen molar-refractivity contribution in [3.8, 4) is 11.7 Å². The molecule has 10 rings (SSSR count). The van der Waals surface area contributed by atoms with Crippen LogP contribution in [0.25, 0.3) is 61.4 Å². The molecule has 198 valence electrons. The molecule has 2 unspecified atom stereocenters. The molecule has 4 nitrogen and oxygen atoms in total. The second-order valence-electron chi connectivity index (χ2n) is 11.1. The second-order valence-corrected chi connectivity index (χ2v) is 12.3. The molecule has 1 aliphatic carbocycles. The predicted octanol–water partition coefficient (Wildman–Crippen LogP) is 9.50. The largest absolute Gasteiger partial charge is 0.427 e. The monoisotopic (exact) mass is 557 g/mol. The van der Waals surface area contributed by atoms with Crippen LogP contribution in [0.2, 0.25) is 0 Å². The van der Waals surface area contributed by atoms with Crippen LogP contribution >= 0.6 is 11.8 Å². The van der Waals surface area contributed by atoms with Crippen molar-refractivity contribution >= 4 is 61.4 Å². The maximum absolute atomic E-state index is 6.80. The van der Waals surface area contributed by atoms with E-state index in [-0.39, 0.29) is 5.92 Å². The Morgan fingerprint density at radius 2 is 1.38 bits per heavy atom. The van der Waals surface area contributed by atoms with Crippen LogP contribution in [-0.2, 0) is 0 Å². The average Bonchev–Trinajstić information content (AvgIpc) is 3.79. The number of para-hydroxylation sites is 3. The van der Waals surface area contributed by atoms with E-state index in [0.29, 0.717) is 11.3 Å². The lowest BCUT2D eigenvalue weighted by Gasteiger charge is -2.18. The lowest BCUT2D eigenvalue weighted by molar-refractivity contribution is 0.470. The van der Waals surface area contributed by atoms with Gasteiger partial charge < -0.3 is 8.98 Å². The van der Waals surface area contributed by atoms with Crippen molar-refractivity contribution in [3.63, 3.8) is 0 Å². The zero-order chi connectivity index (χ0) is 27.4. The van der Waals surface area contributed by atoms with Gasteiger partial charge in [0.25, 0.3) is 0 Å². The highest BCUT2D eigenvalue weighted by atomic mass is 32.2. The SMILES string of the molecule is C1=CC2Sc3ccccc3C2c2oc(-n3c4ccccc4c4c3ccc3c5ccccc5n(-c5ccccc5)c34)nc21. The standard InChI is InChI=1S/C37H23N3OS/c1-2-10-22(11-3-1)39-28-15-7-4-12-23(28)24-18-20-30-33(35(24)39)25-13-5-8-16-29(25)40(30)37-38-27-19-21-32-34(36(27)41-37)26-14-6-9-17-31(26)42-32/h1-21,32,34H. The van der Waals surface area contributed by atoms with Crippen molar-refractivity contribution < 1.29 is 4.42 Å². The molecule has 2 atom stereocenters. The fourth-order valence-electron chi connectivity index (χ4n) is 7.19. The zero-order valence-electron chi connectivity index (χ0n) is 22.4. The van der Waals surface area contributed by atoms with Gasteiger partial charge in [0.2, 0.25) is 0 Å². The molecular formula is C37H23N3OS. The van der Waals surface area contributed by atoms with Crippen molar-refractivity contribution in [1.29, 1.82) is 0 Å². The number of rotatable bonds is 2. The molecule has 0 spiro atoms. The first kappa shape index (κ1) is 22.7. The molecule has 0 fully saturated rings. The van der Waals surface area contributed by atoms with E-state index >= 15 is 0 Å². The van der Waals surface area contributed by atoms with Gasteiger partial charge in [-0.2, -0.15) is 4.98 Å². The maximum Gasteiger partial charge on any atom is 0.307 e. The van der Waals surface area contributed by atoms with Crippen molar-refractivity contribution in [2.45, 2.75) is 16.1 Å². The third kappa shape index (κ3) is 2.91. The van der Waals surface area contributed by atoms with Crippen LogP contribution in [0.5, 0.6) is 0 Å². The summed E-state index contributed by atoms with van der Waals surface area (Å²) in [7, 11) is 0. The molecule has 0 saturated carbocycles. The highest BCUT2D eigenvalue weighted by molar-refractivity contribution is 8.00. The molecule has 0 radical (unpaired) electrons. The Morgan fingerprint density at radius 1 is 0.643 bits per heavy atom. The molecule has 5 heteroatoms. The molecular weight excluding hydrogens is 534 g/mol. The molecule has 5 aromatic carbocycles. The quantitative estimate of drug-likeness (QED) is 0.212. The van der Waals surface area contributed by atoms with Gasteiger partial charge in [-0.25, -0.2) is 0 Å². The van der Waals surface area contributed by atoms with E-state index in [1.54, 1.807) is 0 Å². The second kappa shape index (κ2) is 8.28. The Balaban J connectivity index is 1.30. The first-order valence-corrected chi connectivity index (χ1v) is 15.2. The van der Waals surface area contributed by atoms with Gasteiger partial charge in [0.05, 0.1) is 28.0 Å². The van der Waals surface area contributed by atoms with E-state index in [1.807, 2.05) is 11.8 Å². The summed E-state index contributed by atoms with van der Waals surface area (Å²) in [5, 5.41) is 5.20. The number of hydrogen-bond donors (Lipinski definition) is 0. The Kier molecular flexibility index (Phi) is 4.47. The first-order valence-electron chi connectivity index (χ1n) is 14.3. The number of oxazole rings is 1. The van der Waals surface area contributed by atoms with E-state index < -0.39 is 0 Å². The minimum absolute atomic E-state index is 0.174. The fourth-order valence-corrected chi connectivity index (χ4v) is 8.54. The summed E-state index contributed by atoms with van der Waals surface area (Å²) in [5.74, 6) is 1.13. The molecule has 0 N–H and O–H groups in total. The lowest BCUT2D eigenvalue weighted by Crippen LogP contribution is -2.12. The first-order chi connectivity index (χ1) is 20.8. The highest BCUT2D eigenvalue weighted by Gasteiger charge is 2.39. The van der Waals surface area contributed by atoms with Crippen molar-refractivity contribution in [2.24, 2.45) is 0 Å². The summed E-state index contributed by atoms with van der Waals surface area (Å²) >= 11 is 1.91. The fraction of sp³-hybridized carbons (Fsp3) is 0.0541. The summed E-state index contributed by atoms with van der Waals surface area (Å²) in [6.45, 7) is 0. The zero-order valence-corrected chi connectivity index (χ0v) is 23.3. The van der Waals surface area contributed by atoms with Gasteiger partial charge in [0.15, 0.2) is 0 Å². The van der Waals surface area contributed by atoms with Crippen LogP contribution in [0.4, 0.5) is 0 Å². The third-order valence-electron chi connectivity index (χ3n) is 8.92. The molecule has 4 heterocycles. The Morgan fingerprint density at radius 3 is 2.26 bits per heavy atom. The summed E-state index contributed by atoms with van der Waals surface area (Å²) < 4.78 is 11.4. The number of fused-ring (bicyclic) bond motifs is 12. The van der Waals surface area contributed by atoms with Gasteiger partial charge in [-0.05, 0) is 48.0 Å². The predicted molar refractivity (Wildman–Crippen MR) is 172 cm³/mol. The minimum atomic E-state index is 0.174. The number of aromatic nitrogens is 3. The van der Waals surface area contributed by atoms with Gasteiger partial charge >= 0.3 is 6.01 Å². The number of nitrogens with zero attached hydrogens (tertiary/aromatic N) is 3. The summed E-state index contributed by atoms with van der Waals surface area (Å²) in [6, 6.07) is 41.8. The van der Waals surface area contributed by atoms with E-state index in [4.69, 9.17) is 9.40 Å². The van der Waals surface area contributed by atoms with Crippen molar-refractivity contribution in [2.75, 3.05) is 0 Å². The van der Waals surface area contributed by atoms with Gasteiger partial charge in [0.1, 0.15) is 11.5 Å². The number of hydrogen-bond acceptors (Lipinski definition) is 3. The minimum Gasteiger partial charge on any atom is -0.427 e. The van der Waals surface area contributed by atoms with Gasteiger partial charge in [-0.3, -0.25) is 4.57 Å². The normalized spacial score (nSPS) is 17.3. The summed E-state index contributed by atoms with van der Waals surface area (Å²) in [5.41, 5.74) is 7.98.